The number of likely N-dealkylation sites (tertiary alicyclic amines) is 2. The van der Waals surface area contributed by atoms with Crippen LogP contribution in [-0.2, 0) is 11.2 Å². The van der Waals surface area contributed by atoms with Gasteiger partial charge in [-0.15, -0.1) is 0 Å². The van der Waals surface area contributed by atoms with Gasteiger partial charge in [0.05, 0.1) is 0 Å². The molecule has 1 aromatic carbocycles. The van der Waals surface area contributed by atoms with Crippen LogP contribution in [0.1, 0.15) is 81.6 Å². The van der Waals surface area contributed by atoms with E-state index in [4.69, 9.17) is 0 Å². The molecule has 0 atom stereocenters. The van der Waals surface area contributed by atoms with Gasteiger partial charge in [0, 0.05) is 37.2 Å². The zero-order valence-electron chi connectivity index (χ0n) is 20.4. The van der Waals surface area contributed by atoms with E-state index in [1.807, 2.05) is 17.0 Å². The van der Waals surface area contributed by atoms with Gasteiger partial charge in [-0.25, -0.2) is 0 Å². The van der Waals surface area contributed by atoms with E-state index in [0.29, 0.717) is 12.0 Å². The highest BCUT2D eigenvalue weighted by molar-refractivity contribution is 5.94. The molecule has 1 N–H and O–H groups in total. The summed E-state index contributed by atoms with van der Waals surface area (Å²) in [6.45, 7) is 11.0. The first kappa shape index (κ1) is 24.8. The second-order valence-electron chi connectivity index (χ2n) is 10.1. The van der Waals surface area contributed by atoms with Gasteiger partial charge in [0.15, 0.2) is 0 Å². The Bertz CT molecular complexity index is 715. The zero-order valence-corrected chi connectivity index (χ0v) is 20.4. The van der Waals surface area contributed by atoms with Crippen molar-refractivity contribution in [1.82, 2.24) is 15.1 Å². The number of aryl methyl sites for hydroxylation is 1. The predicted octanol–water partition coefficient (Wildman–Crippen LogP) is 4.51. The number of carbonyl (C=O) groups excluding carboxylic acids is 2. The Labute approximate surface area is 194 Å². The molecule has 0 spiro atoms. The number of hydrogen-bond donors (Lipinski definition) is 1. The van der Waals surface area contributed by atoms with Crippen molar-refractivity contribution < 1.29 is 9.59 Å². The zero-order chi connectivity index (χ0) is 22.9. The van der Waals surface area contributed by atoms with Crippen molar-refractivity contribution in [1.29, 1.82) is 0 Å². The summed E-state index contributed by atoms with van der Waals surface area (Å²) in [5, 5.41) is 3.12. The van der Waals surface area contributed by atoms with Gasteiger partial charge in [-0.05, 0) is 81.6 Å². The number of nitrogens with zero attached hydrogens (tertiary/aromatic N) is 2. The van der Waals surface area contributed by atoms with Gasteiger partial charge in [0.1, 0.15) is 0 Å². The minimum atomic E-state index is 0.167. The lowest BCUT2D eigenvalue weighted by Gasteiger charge is -2.41. The summed E-state index contributed by atoms with van der Waals surface area (Å²) < 4.78 is 0. The van der Waals surface area contributed by atoms with E-state index in [1.54, 1.807) is 0 Å². The summed E-state index contributed by atoms with van der Waals surface area (Å²) in [6.07, 6.45) is 8.50. The van der Waals surface area contributed by atoms with Crippen LogP contribution in [0, 0.1) is 11.8 Å². The number of benzene rings is 1. The Kier molecular flexibility index (Phi) is 9.58. The van der Waals surface area contributed by atoms with Crippen molar-refractivity contribution in [2.45, 2.75) is 78.2 Å². The second kappa shape index (κ2) is 12.4. The van der Waals surface area contributed by atoms with E-state index < -0.39 is 0 Å². The number of nitrogens with one attached hydrogen (secondary N) is 1. The number of rotatable bonds is 9. The summed E-state index contributed by atoms with van der Waals surface area (Å²) in [4.78, 5) is 29.9. The van der Waals surface area contributed by atoms with Crippen LogP contribution in [0.4, 0.5) is 0 Å². The molecule has 5 heteroatoms. The molecule has 2 saturated heterocycles. The average molecular weight is 442 g/mol. The summed E-state index contributed by atoms with van der Waals surface area (Å²) >= 11 is 0. The maximum Gasteiger partial charge on any atom is 0.253 e. The molecule has 32 heavy (non-hydrogen) atoms. The fraction of sp³-hybridized carbons (Fsp3) is 0.704. The van der Waals surface area contributed by atoms with Gasteiger partial charge in [-0.1, -0.05) is 39.3 Å². The topological polar surface area (TPSA) is 52.7 Å². The van der Waals surface area contributed by atoms with Gasteiger partial charge >= 0.3 is 0 Å². The SMILES string of the molecule is CCCCc1ccc(C(=O)N2CCC(N3CCC(C(=O)NCCC(C)C)CC3)CC2)cc1. The fourth-order valence-electron chi connectivity index (χ4n) is 4.97. The lowest BCUT2D eigenvalue weighted by atomic mass is 9.92. The molecule has 2 amide bonds. The smallest absolute Gasteiger partial charge is 0.253 e. The monoisotopic (exact) mass is 441 g/mol. The van der Waals surface area contributed by atoms with Crippen LogP contribution in [0.5, 0.6) is 0 Å². The Morgan fingerprint density at radius 1 is 1.00 bits per heavy atom. The van der Waals surface area contributed by atoms with E-state index in [0.717, 1.165) is 76.8 Å². The van der Waals surface area contributed by atoms with Gasteiger partial charge in [0.2, 0.25) is 5.91 Å². The number of carbonyl (C=O) groups is 2. The van der Waals surface area contributed by atoms with Crippen LogP contribution in [0.2, 0.25) is 0 Å². The van der Waals surface area contributed by atoms with Crippen LogP contribution in [-0.4, -0.2) is 60.4 Å². The largest absolute Gasteiger partial charge is 0.356 e. The first-order valence-corrected chi connectivity index (χ1v) is 12.9. The fourth-order valence-corrected chi connectivity index (χ4v) is 4.97. The predicted molar refractivity (Wildman–Crippen MR) is 131 cm³/mol. The lowest BCUT2D eigenvalue weighted by Crippen LogP contribution is -2.50. The maximum absolute atomic E-state index is 12.9. The van der Waals surface area contributed by atoms with Crippen molar-refractivity contribution in [3.63, 3.8) is 0 Å². The minimum Gasteiger partial charge on any atom is -0.356 e. The number of hydrogen-bond acceptors (Lipinski definition) is 3. The van der Waals surface area contributed by atoms with Crippen molar-refractivity contribution in [2.24, 2.45) is 11.8 Å². The molecule has 0 aromatic heterocycles. The molecule has 0 aliphatic carbocycles. The molecule has 0 bridgehead atoms. The highest BCUT2D eigenvalue weighted by atomic mass is 16.2. The molecule has 0 radical (unpaired) electrons. The van der Waals surface area contributed by atoms with Crippen LogP contribution < -0.4 is 5.32 Å². The lowest BCUT2D eigenvalue weighted by molar-refractivity contribution is -0.126. The van der Waals surface area contributed by atoms with Crippen molar-refractivity contribution in [3.05, 3.63) is 35.4 Å². The quantitative estimate of drug-likeness (QED) is 0.613. The Morgan fingerprint density at radius 2 is 1.66 bits per heavy atom. The first-order valence-electron chi connectivity index (χ1n) is 12.9. The Balaban J connectivity index is 1.39. The molecule has 2 fully saturated rings. The third-order valence-electron chi connectivity index (χ3n) is 7.21. The minimum absolute atomic E-state index is 0.167. The van der Waals surface area contributed by atoms with Crippen LogP contribution in [0.15, 0.2) is 24.3 Å². The summed E-state index contributed by atoms with van der Waals surface area (Å²) in [5.41, 5.74) is 2.13. The third-order valence-corrected chi connectivity index (χ3v) is 7.21. The average Bonchev–Trinajstić information content (AvgIpc) is 2.82. The molecule has 5 nitrogen and oxygen atoms in total. The number of unbranched alkanes of at least 4 members (excludes halogenated alkanes) is 1. The van der Waals surface area contributed by atoms with Crippen LogP contribution in [0.25, 0.3) is 0 Å². The third kappa shape index (κ3) is 7.06. The Morgan fingerprint density at radius 3 is 2.25 bits per heavy atom. The molecule has 178 valence electrons. The normalized spacial score (nSPS) is 18.8. The summed E-state index contributed by atoms with van der Waals surface area (Å²) in [7, 11) is 0. The highest BCUT2D eigenvalue weighted by Crippen LogP contribution is 2.25. The molecule has 1 aromatic rings. The highest BCUT2D eigenvalue weighted by Gasteiger charge is 2.31. The summed E-state index contributed by atoms with van der Waals surface area (Å²) in [5.74, 6) is 1.20. The van der Waals surface area contributed by atoms with Gasteiger partial charge in [-0.3, -0.25) is 9.59 Å². The molecule has 2 aliphatic heterocycles. The van der Waals surface area contributed by atoms with E-state index in [1.165, 1.54) is 18.4 Å². The van der Waals surface area contributed by atoms with Gasteiger partial charge < -0.3 is 15.1 Å². The van der Waals surface area contributed by atoms with Crippen LogP contribution in [0.3, 0.4) is 0 Å². The van der Waals surface area contributed by atoms with Crippen LogP contribution >= 0.6 is 0 Å². The summed E-state index contributed by atoms with van der Waals surface area (Å²) in [6, 6.07) is 8.75. The second-order valence-corrected chi connectivity index (χ2v) is 10.1. The molecular weight excluding hydrogens is 398 g/mol. The van der Waals surface area contributed by atoms with Gasteiger partial charge in [0.25, 0.3) is 5.91 Å². The van der Waals surface area contributed by atoms with E-state index in [9.17, 15) is 9.59 Å². The molecule has 0 unspecified atom stereocenters. The van der Waals surface area contributed by atoms with Crippen molar-refractivity contribution in [3.8, 4) is 0 Å². The molecule has 2 aliphatic rings. The molecule has 2 heterocycles. The standard InChI is InChI=1S/C27H43N3O2/c1-4-5-6-22-7-9-24(10-8-22)27(32)30-19-14-25(15-20-30)29-17-12-23(13-18-29)26(31)28-16-11-21(2)3/h7-10,21,23,25H,4-6,11-20H2,1-3H3,(H,28,31). The van der Waals surface area contributed by atoms with E-state index in [-0.39, 0.29) is 17.7 Å². The van der Waals surface area contributed by atoms with E-state index >= 15 is 0 Å². The number of amides is 2. The van der Waals surface area contributed by atoms with Crippen molar-refractivity contribution in [2.75, 3.05) is 32.7 Å². The number of piperidine rings is 2. The van der Waals surface area contributed by atoms with Gasteiger partial charge in [-0.2, -0.15) is 0 Å². The Hall–Kier alpha value is -1.88. The van der Waals surface area contributed by atoms with E-state index in [2.05, 4.69) is 43.1 Å². The first-order chi connectivity index (χ1) is 15.5. The van der Waals surface area contributed by atoms with Crippen molar-refractivity contribution >= 4 is 11.8 Å². The molecular formula is C27H43N3O2. The molecule has 3 rings (SSSR count). The molecule has 0 saturated carbocycles. The maximum atomic E-state index is 12.9.